The SMILES string of the molecule is COc1ccc2ccccc2c1/C=C1/SC(=S)N(c2ccc(C)c(C)c2)C1=O. The van der Waals surface area contributed by atoms with Crippen molar-refractivity contribution in [3.8, 4) is 5.75 Å². The number of methoxy groups -OCH3 is 1. The first-order chi connectivity index (χ1) is 13.5. The third kappa shape index (κ3) is 3.21. The van der Waals surface area contributed by atoms with Gasteiger partial charge in [0.1, 0.15) is 5.75 Å². The van der Waals surface area contributed by atoms with Crippen molar-refractivity contribution in [3.05, 3.63) is 76.2 Å². The predicted octanol–water partition coefficient (Wildman–Crippen LogP) is 5.87. The fraction of sp³-hybridized carbons (Fsp3) is 0.130. The third-order valence-corrected chi connectivity index (χ3v) is 6.27. The number of benzene rings is 3. The molecule has 1 fully saturated rings. The van der Waals surface area contributed by atoms with Crippen molar-refractivity contribution in [3.63, 3.8) is 0 Å². The van der Waals surface area contributed by atoms with E-state index in [0.29, 0.717) is 9.23 Å². The summed E-state index contributed by atoms with van der Waals surface area (Å²) in [5.41, 5.74) is 4.01. The van der Waals surface area contributed by atoms with Gasteiger partial charge in [-0.2, -0.15) is 0 Å². The molecule has 28 heavy (non-hydrogen) atoms. The van der Waals surface area contributed by atoms with Crippen molar-refractivity contribution < 1.29 is 9.53 Å². The Morgan fingerprint density at radius 2 is 1.82 bits per heavy atom. The number of fused-ring (bicyclic) bond motifs is 1. The molecule has 0 N–H and O–H groups in total. The van der Waals surface area contributed by atoms with E-state index in [1.807, 2.05) is 67.6 Å². The Labute approximate surface area is 174 Å². The summed E-state index contributed by atoms with van der Waals surface area (Å²) >= 11 is 6.84. The van der Waals surface area contributed by atoms with Gasteiger partial charge < -0.3 is 4.74 Å². The summed E-state index contributed by atoms with van der Waals surface area (Å²) in [6.07, 6.45) is 1.89. The summed E-state index contributed by atoms with van der Waals surface area (Å²) < 4.78 is 6.10. The van der Waals surface area contributed by atoms with Gasteiger partial charge in [-0.25, -0.2) is 0 Å². The molecule has 0 saturated carbocycles. The second-order valence-corrected chi connectivity index (χ2v) is 8.36. The first kappa shape index (κ1) is 18.7. The summed E-state index contributed by atoms with van der Waals surface area (Å²) in [5, 5.41) is 2.14. The van der Waals surface area contributed by atoms with Crippen molar-refractivity contribution in [1.29, 1.82) is 0 Å². The van der Waals surface area contributed by atoms with Crippen LogP contribution in [0.25, 0.3) is 16.8 Å². The molecule has 5 heteroatoms. The standard InChI is InChI=1S/C23H19NO2S2/c1-14-8-10-17(12-15(14)2)24-22(25)21(28-23(24)27)13-19-18-7-5-4-6-16(18)9-11-20(19)26-3/h4-13H,1-3H3/b21-13+. The van der Waals surface area contributed by atoms with Crippen molar-refractivity contribution in [1.82, 2.24) is 0 Å². The lowest BCUT2D eigenvalue weighted by atomic mass is 10.0. The zero-order chi connectivity index (χ0) is 19.8. The third-order valence-electron chi connectivity index (χ3n) is 4.97. The number of hydrogen-bond donors (Lipinski definition) is 0. The number of thiocarbonyl (C=S) groups is 1. The number of aryl methyl sites for hydroxylation is 2. The van der Waals surface area contributed by atoms with Crippen molar-refractivity contribution in [2.45, 2.75) is 13.8 Å². The monoisotopic (exact) mass is 405 g/mol. The molecule has 1 amide bonds. The molecule has 0 unspecified atom stereocenters. The maximum atomic E-state index is 13.2. The minimum atomic E-state index is -0.103. The molecule has 1 heterocycles. The average molecular weight is 406 g/mol. The van der Waals surface area contributed by atoms with E-state index in [0.717, 1.165) is 33.3 Å². The molecule has 0 radical (unpaired) electrons. The fourth-order valence-corrected chi connectivity index (χ4v) is 4.57. The maximum Gasteiger partial charge on any atom is 0.270 e. The highest BCUT2D eigenvalue weighted by molar-refractivity contribution is 8.27. The van der Waals surface area contributed by atoms with Gasteiger partial charge in [0.25, 0.3) is 5.91 Å². The van der Waals surface area contributed by atoms with E-state index in [-0.39, 0.29) is 5.91 Å². The first-order valence-electron chi connectivity index (χ1n) is 8.90. The van der Waals surface area contributed by atoms with Crippen LogP contribution in [0.2, 0.25) is 0 Å². The molecule has 0 bridgehead atoms. The highest BCUT2D eigenvalue weighted by Gasteiger charge is 2.33. The van der Waals surface area contributed by atoms with Crippen LogP contribution < -0.4 is 9.64 Å². The van der Waals surface area contributed by atoms with E-state index in [2.05, 4.69) is 6.92 Å². The van der Waals surface area contributed by atoms with E-state index in [4.69, 9.17) is 17.0 Å². The van der Waals surface area contributed by atoms with Crippen molar-refractivity contribution in [2.75, 3.05) is 12.0 Å². The number of thioether (sulfide) groups is 1. The Kier molecular flexibility index (Phi) is 4.96. The van der Waals surface area contributed by atoms with Crippen LogP contribution in [-0.4, -0.2) is 17.3 Å². The van der Waals surface area contributed by atoms with Crippen LogP contribution >= 0.6 is 24.0 Å². The van der Waals surface area contributed by atoms with Crippen LogP contribution in [0.15, 0.2) is 59.5 Å². The van der Waals surface area contributed by atoms with Crippen LogP contribution in [0.5, 0.6) is 5.75 Å². The first-order valence-corrected chi connectivity index (χ1v) is 10.1. The second kappa shape index (κ2) is 7.41. The Morgan fingerprint density at radius 3 is 2.57 bits per heavy atom. The second-order valence-electron chi connectivity index (χ2n) is 6.69. The van der Waals surface area contributed by atoms with Gasteiger partial charge in [0.15, 0.2) is 4.32 Å². The minimum Gasteiger partial charge on any atom is -0.496 e. The minimum absolute atomic E-state index is 0.103. The normalized spacial score (nSPS) is 15.7. The summed E-state index contributed by atoms with van der Waals surface area (Å²) in [6.45, 7) is 4.09. The number of carbonyl (C=O) groups is 1. The van der Waals surface area contributed by atoms with Crippen molar-refractivity contribution in [2.24, 2.45) is 0 Å². The number of amides is 1. The van der Waals surface area contributed by atoms with Gasteiger partial charge >= 0.3 is 0 Å². The van der Waals surface area contributed by atoms with Gasteiger partial charge in [-0.05, 0) is 60.0 Å². The lowest BCUT2D eigenvalue weighted by Crippen LogP contribution is -2.27. The largest absolute Gasteiger partial charge is 0.496 e. The average Bonchev–Trinajstić information content (AvgIpc) is 2.97. The Hall–Kier alpha value is -2.63. The summed E-state index contributed by atoms with van der Waals surface area (Å²) in [7, 11) is 1.64. The molecular formula is C23H19NO2S2. The lowest BCUT2D eigenvalue weighted by Gasteiger charge is -2.16. The number of rotatable bonds is 3. The summed E-state index contributed by atoms with van der Waals surface area (Å²) in [5.74, 6) is 0.628. The van der Waals surface area contributed by atoms with Crippen molar-refractivity contribution >= 4 is 56.7 Å². The molecule has 0 atom stereocenters. The molecule has 140 valence electrons. The summed E-state index contributed by atoms with van der Waals surface area (Å²) in [6, 6.07) is 18.0. The predicted molar refractivity (Wildman–Crippen MR) is 122 cm³/mol. The summed E-state index contributed by atoms with van der Waals surface area (Å²) in [4.78, 5) is 15.4. The highest BCUT2D eigenvalue weighted by Crippen LogP contribution is 2.39. The number of carbonyl (C=O) groups excluding carboxylic acids is 1. The van der Waals surface area contributed by atoms with Crippen LogP contribution in [0, 0.1) is 13.8 Å². The number of nitrogens with zero attached hydrogens (tertiary/aromatic N) is 1. The lowest BCUT2D eigenvalue weighted by molar-refractivity contribution is -0.113. The molecular weight excluding hydrogens is 386 g/mol. The molecule has 0 spiro atoms. The van der Waals surface area contributed by atoms with E-state index in [9.17, 15) is 4.79 Å². The van der Waals surface area contributed by atoms with E-state index < -0.39 is 0 Å². The number of ether oxygens (including phenoxy) is 1. The van der Waals surface area contributed by atoms with Gasteiger partial charge in [-0.15, -0.1) is 0 Å². The van der Waals surface area contributed by atoms with Gasteiger partial charge in [-0.3, -0.25) is 9.69 Å². The Bertz CT molecular complexity index is 1150. The Balaban J connectivity index is 1.80. The molecule has 1 saturated heterocycles. The number of anilines is 1. The molecule has 0 aromatic heterocycles. The quantitative estimate of drug-likeness (QED) is 0.402. The topological polar surface area (TPSA) is 29.5 Å². The maximum absolute atomic E-state index is 13.2. The van der Waals surface area contributed by atoms with Crippen LogP contribution in [-0.2, 0) is 4.79 Å². The van der Waals surface area contributed by atoms with E-state index >= 15 is 0 Å². The molecule has 0 aliphatic carbocycles. The molecule has 3 aromatic rings. The highest BCUT2D eigenvalue weighted by atomic mass is 32.2. The van der Waals surface area contributed by atoms with Gasteiger partial charge in [0.05, 0.1) is 17.7 Å². The molecule has 1 aliphatic rings. The fourth-order valence-electron chi connectivity index (χ4n) is 3.29. The van der Waals surface area contributed by atoms with Crippen LogP contribution in [0.4, 0.5) is 5.69 Å². The Morgan fingerprint density at radius 1 is 1.04 bits per heavy atom. The molecule has 3 aromatic carbocycles. The van der Waals surface area contributed by atoms with Crippen LogP contribution in [0.3, 0.4) is 0 Å². The van der Waals surface area contributed by atoms with Gasteiger partial charge in [-0.1, -0.05) is 60.4 Å². The van der Waals surface area contributed by atoms with Gasteiger partial charge in [0.2, 0.25) is 0 Å². The van der Waals surface area contributed by atoms with E-state index in [1.165, 1.54) is 17.3 Å². The molecule has 3 nitrogen and oxygen atoms in total. The van der Waals surface area contributed by atoms with Crippen LogP contribution in [0.1, 0.15) is 16.7 Å². The number of hydrogen-bond acceptors (Lipinski definition) is 4. The molecule has 4 rings (SSSR count). The zero-order valence-corrected chi connectivity index (χ0v) is 17.5. The zero-order valence-electron chi connectivity index (χ0n) is 15.9. The van der Waals surface area contributed by atoms with Gasteiger partial charge in [0, 0.05) is 5.56 Å². The molecule has 1 aliphatic heterocycles. The smallest absolute Gasteiger partial charge is 0.270 e. The van der Waals surface area contributed by atoms with E-state index in [1.54, 1.807) is 12.0 Å².